The summed E-state index contributed by atoms with van der Waals surface area (Å²) in [6.45, 7) is 0. The van der Waals surface area contributed by atoms with Gasteiger partial charge in [0.2, 0.25) is 0 Å². The predicted molar refractivity (Wildman–Crippen MR) is 98.2 cm³/mol. The molecule has 2 aliphatic rings. The number of benzene rings is 1. The van der Waals surface area contributed by atoms with Crippen LogP contribution in [-0.4, -0.2) is 14.2 Å². The third-order valence-corrected chi connectivity index (χ3v) is 7.42. The summed E-state index contributed by atoms with van der Waals surface area (Å²) in [5.74, 6) is -0.922. The van der Waals surface area contributed by atoms with Gasteiger partial charge in [0.15, 0.2) is 9.84 Å². The number of nitrogens with zero attached hydrogens (tertiary/aromatic N) is 2. The molecule has 0 amide bonds. The Balaban J connectivity index is 1.99. The van der Waals surface area contributed by atoms with Crippen molar-refractivity contribution >= 4 is 26.9 Å². The molecule has 2 aromatic rings. The van der Waals surface area contributed by atoms with E-state index in [1.807, 2.05) is 17.5 Å². The van der Waals surface area contributed by atoms with Crippen LogP contribution in [0.15, 0.2) is 63.8 Å². The van der Waals surface area contributed by atoms with Crippen LogP contribution in [0.2, 0.25) is 0 Å². The van der Waals surface area contributed by atoms with E-state index in [1.165, 1.54) is 35.6 Å². The van der Waals surface area contributed by atoms with Gasteiger partial charge in [0.25, 0.3) is 0 Å². The first-order valence-corrected chi connectivity index (χ1v) is 10.4. The molecule has 1 aromatic heterocycles. The molecule has 0 aliphatic carbocycles. The fourth-order valence-corrected chi connectivity index (χ4v) is 6.25. The maximum absolute atomic E-state index is 13.3. The van der Waals surface area contributed by atoms with Gasteiger partial charge in [-0.2, -0.15) is 5.26 Å². The standard InChI is InChI=1S/C18H14FN3O2S2/c19-11-3-5-12(6-4-11)22-14-7-9-26(23,24)17(14)16(13(10-20)18(22)21)15-2-1-8-25-15/h1-6,8,16H,7,9,21H2/t16-/m1/s1. The highest BCUT2D eigenvalue weighted by molar-refractivity contribution is 7.95. The number of rotatable bonds is 2. The minimum atomic E-state index is -3.51. The second-order valence-electron chi connectivity index (χ2n) is 6.05. The zero-order valence-electron chi connectivity index (χ0n) is 13.5. The number of thiophene rings is 1. The molecule has 0 radical (unpaired) electrons. The Morgan fingerprint density at radius 3 is 2.62 bits per heavy atom. The molecule has 3 heterocycles. The summed E-state index contributed by atoms with van der Waals surface area (Å²) in [5, 5.41) is 11.6. The van der Waals surface area contributed by atoms with Crippen molar-refractivity contribution in [2.24, 2.45) is 5.73 Å². The van der Waals surface area contributed by atoms with Gasteiger partial charge in [0.1, 0.15) is 11.6 Å². The van der Waals surface area contributed by atoms with E-state index in [0.717, 1.165) is 4.88 Å². The van der Waals surface area contributed by atoms with Crippen LogP contribution in [0.5, 0.6) is 0 Å². The number of nitrogens with two attached hydrogens (primary N) is 1. The van der Waals surface area contributed by atoms with E-state index in [2.05, 4.69) is 6.07 Å². The quantitative estimate of drug-likeness (QED) is 0.855. The SMILES string of the molecule is N#CC1=C(N)N(c2ccc(F)cc2)C2=C([C@H]1c1cccs1)S(=O)(=O)CC2. The van der Waals surface area contributed by atoms with Gasteiger partial charge in [0, 0.05) is 22.7 Å². The molecule has 1 aromatic carbocycles. The first kappa shape index (κ1) is 16.8. The number of hydrogen-bond donors (Lipinski definition) is 1. The highest BCUT2D eigenvalue weighted by Crippen LogP contribution is 2.49. The maximum atomic E-state index is 13.3. The van der Waals surface area contributed by atoms with E-state index in [9.17, 15) is 18.1 Å². The molecule has 26 heavy (non-hydrogen) atoms. The van der Waals surface area contributed by atoms with Gasteiger partial charge in [-0.1, -0.05) is 6.07 Å². The van der Waals surface area contributed by atoms with Crippen LogP contribution >= 0.6 is 11.3 Å². The van der Waals surface area contributed by atoms with Crippen LogP contribution < -0.4 is 10.6 Å². The van der Waals surface area contributed by atoms with Gasteiger partial charge in [-0.15, -0.1) is 11.3 Å². The molecule has 2 aliphatic heterocycles. The Bertz CT molecular complexity index is 1080. The molecule has 1 atom stereocenters. The third kappa shape index (κ3) is 2.43. The Labute approximate surface area is 154 Å². The minimum absolute atomic E-state index is 0.0246. The third-order valence-electron chi connectivity index (χ3n) is 4.60. The Hall–Kier alpha value is -2.63. The zero-order valence-corrected chi connectivity index (χ0v) is 15.1. The lowest BCUT2D eigenvalue weighted by Gasteiger charge is -2.34. The Kier molecular flexibility index (Phi) is 3.86. The molecule has 0 saturated carbocycles. The van der Waals surface area contributed by atoms with Gasteiger partial charge < -0.3 is 5.73 Å². The fraction of sp³-hybridized carbons (Fsp3) is 0.167. The van der Waals surface area contributed by atoms with Gasteiger partial charge >= 0.3 is 0 Å². The fourth-order valence-electron chi connectivity index (χ4n) is 3.49. The van der Waals surface area contributed by atoms with Crippen LogP contribution in [0, 0.1) is 17.1 Å². The molecule has 5 nitrogen and oxygen atoms in total. The molecule has 0 saturated heterocycles. The average molecular weight is 387 g/mol. The van der Waals surface area contributed by atoms with Crippen molar-refractivity contribution in [3.63, 3.8) is 0 Å². The summed E-state index contributed by atoms with van der Waals surface area (Å²) in [6, 6.07) is 11.3. The largest absolute Gasteiger partial charge is 0.384 e. The summed E-state index contributed by atoms with van der Waals surface area (Å²) in [4.78, 5) is 2.57. The monoisotopic (exact) mass is 387 g/mol. The van der Waals surface area contributed by atoms with Crippen LogP contribution in [0.3, 0.4) is 0 Å². The topological polar surface area (TPSA) is 87.2 Å². The molecule has 0 bridgehead atoms. The number of nitriles is 1. The Morgan fingerprint density at radius 2 is 2.00 bits per heavy atom. The van der Waals surface area contributed by atoms with E-state index in [1.54, 1.807) is 4.90 Å². The lowest BCUT2D eigenvalue weighted by molar-refractivity contribution is 0.602. The van der Waals surface area contributed by atoms with Crippen LogP contribution in [0.1, 0.15) is 17.2 Å². The summed E-state index contributed by atoms with van der Waals surface area (Å²) in [6.07, 6.45) is 0.302. The number of anilines is 1. The molecular weight excluding hydrogens is 373 g/mol. The number of halogens is 1. The minimum Gasteiger partial charge on any atom is -0.384 e. The molecular formula is C18H14FN3O2S2. The van der Waals surface area contributed by atoms with Crippen molar-refractivity contribution in [1.29, 1.82) is 5.26 Å². The second-order valence-corrected chi connectivity index (χ2v) is 9.11. The average Bonchev–Trinajstić information content (AvgIpc) is 3.24. The van der Waals surface area contributed by atoms with E-state index in [0.29, 0.717) is 17.8 Å². The van der Waals surface area contributed by atoms with Crippen molar-refractivity contribution in [3.05, 3.63) is 74.5 Å². The van der Waals surface area contributed by atoms with Crippen molar-refractivity contribution in [2.75, 3.05) is 10.7 Å². The molecule has 132 valence electrons. The van der Waals surface area contributed by atoms with Crippen molar-refractivity contribution in [2.45, 2.75) is 12.3 Å². The van der Waals surface area contributed by atoms with Crippen LogP contribution in [0.25, 0.3) is 0 Å². The number of sulfone groups is 1. The maximum Gasteiger partial charge on any atom is 0.177 e. The van der Waals surface area contributed by atoms with Gasteiger partial charge in [-0.3, -0.25) is 4.90 Å². The smallest absolute Gasteiger partial charge is 0.177 e. The van der Waals surface area contributed by atoms with Gasteiger partial charge in [-0.25, -0.2) is 12.8 Å². The van der Waals surface area contributed by atoms with Gasteiger partial charge in [-0.05, 0) is 35.7 Å². The normalized spacial score (nSPS) is 21.7. The van der Waals surface area contributed by atoms with Crippen LogP contribution in [0.4, 0.5) is 10.1 Å². The van der Waals surface area contributed by atoms with Crippen molar-refractivity contribution in [3.8, 4) is 6.07 Å². The van der Waals surface area contributed by atoms with E-state index in [4.69, 9.17) is 5.73 Å². The van der Waals surface area contributed by atoms with Gasteiger partial charge in [0.05, 0.1) is 28.2 Å². The van der Waals surface area contributed by atoms with Crippen molar-refractivity contribution < 1.29 is 12.8 Å². The molecule has 0 unspecified atom stereocenters. The van der Waals surface area contributed by atoms with Crippen LogP contribution in [-0.2, 0) is 9.84 Å². The van der Waals surface area contributed by atoms with E-state index < -0.39 is 21.6 Å². The molecule has 0 fully saturated rings. The Morgan fingerprint density at radius 1 is 1.27 bits per heavy atom. The molecule has 8 heteroatoms. The molecule has 2 N–H and O–H groups in total. The summed E-state index contributed by atoms with van der Waals surface area (Å²) in [5.41, 5.74) is 7.60. The summed E-state index contributed by atoms with van der Waals surface area (Å²) < 4.78 is 38.9. The molecule has 4 rings (SSSR count). The first-order chi connectivity index (χ1) is 12.4. The molecule has 0 spiro atoms. The zero-order chi connectivity index (χ0) is 18.5. The highest BCUT2D eigenvalue weighted by atomic mass is 32.2. The first-order valence-electron chi connectivity index (χ1n) is 7.88. The summed E-state index contributed by atoms with van der Waals surface area (Å²) >= 11 is 1.39. The highest BCUT2D eigenvalue weighted by Gasteiger charge is 2.45. The summed E-state index contributed by atoms with van der Waals surface area (Å²) in [7, 11) is -3.51. The number of hydrogen-bond acceptors (Lipinski definition) is 6. The second kappa shape index (κ2) is 5.97. The van der Waals surface area contributed by atoms with E-state index in [-0.39, 0.29) is 22.1 Å². The number of allylic oxidation sites excluding steroid dienone is 3. The predicted octanol–water partition coefficient (Wildman–Crippen LogP) is 3.21. The lowest BCUT2D eigenvalue weighted by Crippen LogP contribution is -2.34. The van der Waals surface area contributed by atoms with E-state index >= 15 is 0 Å². The van der Waals surface area contributed by atoms with Crippen molar-refractivity contribution in [1.82, 2.24) is 0 Å². The lowest BCUT2D eigenvalue weighted by atomic mass is 9.92.